The fourth-order valence-corrected chi connectivity index (χ4v) is 4.07. The molecule has 1 N–H and O–H groups in total. The highest BCUT2D eigenvalue weighted by Crippen LogP contribution is 2.31. The standard InChI is InChI=1S/C26H27N5O2/c27-16-22-14-20(4-6-24(22)33-18-19-2-1-3-19)21-8-9-28-26(15-21)30-25-7-5-23(17-29-25)31-10-12-32-13-11-31/h4-9,14-15,17,19H,1-3,10-13,18H2,(H,28,29,30). The van der Waals surface area contributed by atoms with Crippen LogP contribution in [0, 0.1) is 17.2 Å². The first-order valence-electron chi connectivity index (χ1n) is 11.5. The van der Waals surface area contributed by atoms with E-state index in [9.17, 15) is 5.26 Å². The van der Waals surface area contributed by atoms with E-state index in [4.69, 9.17) is 9.47 Å². The number of nitrogens with one attached hydrogen (secondary N) is 1. The zero-order chi connectivity index (χ0) is 22.5. The maximum absolute atomic E-state index is 9.62. The van der Waals surface area contributed by atoms with Gasteiger partial charge in [0.2, 0.25) is 0 Å². The predicted octanol–water partition coefficient (Wildman–Crippen LogP) is 4.77. The van der Waals surface area contributed by atoms with Crippen LogP contribution >= 0.6 is 0 Å². The lowest BCUT2D eigenvalue weighted by Gasteiger charge is -2.28. The third-order valence-corrected chi connectivity index (χ3v) is 6.27. The van der Waals surface area contributed by atoms with E-state index >= 15 is 0 Å². The first-order valence-corrected chi connectivity index (χ1v) is 11.5. The average molecular weight is 442 g/mol. The molecule has 1 saturated carbocycles. The van der Waals surface area contributed by atoms with Crippen molar-refractivity contribution in [1.82, 2.24) is 9.97 Å². The molecule has 1 aliphatic carbocycles. The second-order valence-electron chi connectivity index (χ2n) is 8.49. The van der Waals surface area contributed by atoms with Gasteiger partial charge in [-0.05, 0) is 66.3 Å². The number of nitrogens with zero attached hydrogens (tertiary/aromatic N) is 4. The van der Waals surface area contributed by atoms with Crippen molar-refractivity contribution in [3.63, 3.8) is 0 Å². The Bertz CT molecular complexity index is 1130. The maximum atomic E-state index is 9.62. The molecule has 3 heterocycles. The SMILES string of the molecule is N#Cc1cc(-c2ccnc(Nc3ccc(N4CCOCC4)cn3)c2)ccc1OCC1CCC1. The van der Waals surface area contributed by atoms with Gasteiger partial charge in [-0.1, -0.05) is 12.5 Å². The smallest absolute Gasteiger partial charge is 0.137 e. The topological polar surface area (TPSA) is 83.3 Å². The van der Waals surface area contributed by atoms with Gasteiger partial charge < -0.3 is 19.7 Å². The molecule has 33 heavy (non-hydrogen) atoms. The van der Waals surface area contributed by atoms with Crippen LogP contribution in [0.2, 0.25) is 0 Å². The molecule has 0 spiro atoms. The molecule has 0 unspecified atom stereocenters. The van der Waals surface area contributed by atoms with E-state index in [1.54, 1.807) is 6.20 Å². The molecule has 0 radical (unpaired) electrons. The second-order valence-corrected chi connectivity index (χ2v) is 8.49. The molecule has 1 aliphatic heterocycles. The zero-order valence-electron chi connectivity index (χ0n) is 18.5. The number of hydrogen-bond acceptors (Lipinski definition) is 7. The normalized spacial score (nSPS) is 16.0. The highest BCUT2D eigenvalue weighted by molar-refractivity contribution is 5.70. The van der Waals surface area contributed by atoms with Crippen molar-refractivity contribution in [3.8, 4) is 22.9 Å². The third-order valence-electron chi connectivity index (χ3n) is 6.27. The Kier molecular flexibility index (Phi) is 6.36. The number of rotatable bonds is 7. The summed E-state index contributed by atoms with van der Waals surface area (Å²) in [5.41, 5.74) is 3.57. The molecule has 168 valence electrons. The monoisotopic (exact) mass is 441 g/mol. The van der Waals surface area contributed by atoms with Crippen molar-refractivity contribution in [1.29, 1.82) is 5.26 Å². The van der Waals surface area contributed by atoms with E-state index in [1.807, 2.05) is 42.6 Å². The summed E-state index contributed by atoms with van der Waals surface area (Å²) in [7, 11) is 0. The Hall–Kier alpha value is -3.63. The lowest BCUT2D eigenvalue weighted by atomic mass is 9.86. The number of pyridine rings is 2. The van der Waals surface area contributed by atoms with Crippen LogP contribution in [0.1, 0.15) is 24.8 Å². The number of hydrogen-bond donors (Lipinski definition) is 1. The summed E-state index contributed by atoms with van der Waals surface area (Å²) in [6.45, 7) is 3.95. The average Bonchev–Trinajstić information content (AvgIpc) is 2.84. The van der Waals surface area contributed by atoms with E-state index in [-0.39, 0.29) is 0 Å². The van der Waals surface area contributed by atoms with Gasteiger partial charge in [0.15, 0.2) is 0 Å². The van der Waals surface area contributed by atoms with Crippen molar-refractivity contribution in [2.45, 2.75) is 19.3 Å². The third kappa shape index (κ3) is 5.07. The number of morpholine rings is 1. The summed E-state index contributed by atoms with van der Waals surface area (Å²) in [6.07, 6.45) is 7.35. The lowest BCUT2D eigenvalue weighted by molar-refractivity contribution is 0.122. The highest BCUT2D eigenvalue weighted by Gasteiger charge is 2.19. The summed E-state index contributed by atoms with van der Waals surface area (Å²) in [4.78, 5) is 11.2. The minimum Gasteiger partial charge on any atom is -0.492 e. The molecule has 2 aromatic heterocycles. The Balaban J connectivity index is 1.28. The molecule has 1 aromatic carbocycles. The minimum atomic E-state index is 0.554. The van der Waals surface area contributed by atoms with E-state index < -0.39 is 0 Å². The molecule has 0 atom stereocenters. The molecule has 1 saturated heterocycles. The molecule has 7 heteroatoms. The Morgan fingerprint density at radius 3 is 2.61 bits per heavy atom. The first-order chi connectivity index (χ1) is 16.3. The van der Waals surface area contributed by atoms with Crippen molar-refractivity contribution in [3.05, 3.63) is 60.4 Å². The Labute approximate surface area is 194 Å². The van der Waals surface area contributed by atoms with Crippen molar-refractivity contribution < 1.29 is 9.47 Å². The van der Waals surface area contributed by atoms with Crippen LogP contribution in [0.3, 0.4) is 0 Å². The molecular weight excluding hydrogens is 414 g/mol. The van der Waals surface area contributed by atoms with Gasteiger partial charge in [-0.3, -0.25) is 0 Å². The van der Waals surface area contributed by atoms with E-state index in [0.717, 1.165) is 48.9 Å². The van der Waals surface area contributed by atoms with Gasteiger partial charge in [-0.25, -0.2) is 9.97 Å². The van der Waals surface area contributed by atoms with Gasteiger partial charge in [-0.2, -0.15) is 5.26 Å². The van der Waals surface area contributed by atoms with Gasteiger partial charge in [0.05, 0.1) is 37.3 Å². The van der Waals surface area contributed by atoms with Crippen molar-refractivity contribution in [2.75, 3.05) is 43.1 Å². The van der Waals surface area contributed by atoms with Crippen LogP contribution in [-0.2, 0) is 4.74 Å². The number of anilines is 3. The van der Waals surface area contributed by atoms with Crippen LogP contribution in [0.25, 0.3) is 11.1 Å². The summed E-state index contributed by atoms with van der Waals surface area (Å²) < 4.78 is 11.3. The molecular formula is C26H27N5O2. The molecule has 3 aromatic rings. The molecule has 2 fully saturated rings. The Morgan fingerprint density at radius 1 is 1.03 bits per heavy atom. The molecule has 5 rings (SSSR count). The van der Waals surface area contributed by atoms with Crippen molar-refractivity contribution >= 4 is 17.3 Å². The fourth-order valence-electron chi connectivity index (χ4n) is 4.07. The molecule has 2 aliphatic rings. The van der Waals surface area contributed by atoms with Crippen molar-refractivity contribution in [2.24, 2.45) is 5.92 Å². The van der Waals surface area contributed by atoms with Gasteiger partial charge in [0.25, 0.3) is 0 Å². The second kappa shape index (κ2) is 9.88. The summed E-state index contributed by atoms with van der Waals surface area (Å²) in [5, 5.41) is 12.9. The van der Waals surface area contributed by atoms with Gasteiger partial charge in [-0.15, -0.1) is 0 Å². The number of aromatic nitrogens is 2. The van der Waals surface area contributed by atoms with Gasteiger partial charge in [0, 0.05) is 19.3 Å². The van der Waals surface area contributed by atoms with E-state index in [0.29, 0.717) is 29.7 Å². The predicted molar refractivity (Wildman–Crippen MR) is 128 cm³/mol. The Morgan fingerprint density at radius 2 is 1.88 bits per heavy atom. The lowest BCUT2D eigenvalue weighted by Crippen LogP contribution is -2.36. The van der Waals surface area contributed by atoms with Crippen LogP contribution in [0.5, 0.6) is 5.75 Å². The molecule has 0 bridgehead atoms. The largest absolute Gasteiger partial charge is 0.492 e. The van der Waals surface area contributed by atoms with Crippen LogP contribution in [0.4, 0.5) is 17.3 Å². The molecule has 0 amide bonds. The number of ether oxygens (including phenoxy) is 2. The van der Waals surface area contributed by atoms with Gasteiger partial charge in [0.1, 0.15) is 23.5 Å². The minimum absolute atomic E-state index is 0.554. The first kappa shape index (κ1) is 21.2. The quantitative estimate of drug-likeness (QED) is 0.565. The highest BCUT2D eigenvalue weighted by atomic mass is 16.5. The number of benzene rings is 1. The van der Waals surface area contributed by atoms with Crippen LogP contribution < -0.4 is 15.0 Å². The summed E-state index contributed by atoms with van der Waals surface area (Å²) in [5.74, 6) is 2.71. The van der Waals surface area contributed by atoms with E-state index in [1.165, 1.54) is 19.3 Å². The zero-order valence-corrected chi connectivity index (χ0v) is 18.5. The van der Waals surface area contributed by atoms with E-state index in [2.05, 4.69) is 32.3 Å². The van der Waals surface area contributed by atoms with Crippen LogP contribution in [-0.4, -0.2) is 42.9 Å². The van der Waals surface area contributed by atoms with Crippen LogP contribution in [0.15, 0.2) is 54.9 Å². The van der Waals surface area contributed by atoms with Gasteiger partial charge >= 0.3 is 0 Å². The fraction of sp³-hybridized carbons (Fsp3) is 0.346. The molecule has 7 nitrogen and oxygen atoms in total. The number of nitriles is 1. The summed E-state index contributed by atoms with van der Waals surface area (Å²) in [6, 6.07) is 16.0. The maximum Gasteiger partial charge on any atom is 0.137 e. The summed E-state index contributed by atoms with van der Waals surface area (Å²) >= 11 is 0.